The van der Waals surface area contributed by atoms with E-state index in [9.17, 15) is 4.79 Å². The van der Waals surface area contributed by atoms with E-state index in [0.717, 1.165) is 43.1 Å². The largest absolute Gasteiger partial charge is 0.479 e. The van der Waals surface area contributed by atoms with Crippen LogP contribution in [0.15, 0.2) is 36.5 Å². The van der Waals surface area contributed by atoms with Crippen LogP contribution < -0.4 is 4.74 Å². The average Bonchev–Trinajstić information content (AvgIpc) is 2.98. The summed E-state index contributed by atoms with van der Waals surface area (Å²) < 4.78 is 8.59. The van der Waals surface area contributed by atoms with E-state index in [1.165, 1.54) is 0 Å². The van der Waals surface area contributed by atoms with Crippen molar-refractivity contribution in [2.24, 2.45) is 0 Å². The summed E-state index contributed by atoms with van der Waals surface area (Å²) in [5.41, 5.74) is 1.81. The molecule has 0 unspecified atom stereocenters. The predicted octanol–water partition coefficient (Wildman–Crippen LogP) is 3.36. The summed E-state index contributed by atoms with van der Waals surface area (Å²) in [7, 11) is 0. The van der Waals surface area contributed by atoms with Gasteiger partial charge in [0.2, 0.25) is 5.91 Å². The van der Waals surface area contributed by atoms with Gasteiger partial charge < -0.3 is 14.2 Å². The summed E-state index contributed by atoms with van der Waals surface area (Å²) in [6.07, 6.45) is 3.65. The number of halogens is 1. The molecule has 4 rings (SSSR count). The number of hydrogen-bond acceptors (Lipinski definition) is 2. The second-order valence-corrected chi connectivity index (χ2v) is 6.41. The van der Waals surface area contributed by atoms with Crippen molar-refractivity contribution in [3.05, 3.63) is 47.2 Å². The minimum Gasteiger partial charge on any atom is -0.479 e. The number of fused-ring (bicyclic) bond motifs is 4. The van der Waals surface area contributed by atoms with E-state index in [2.05, 4.69) is 16.8 Å². The van der Waals surface area contributed by atoms with Crippen molar-refractivity contribution in [2.75, 3.05) is 13.1 Å². The van der Waals surface area contributed by atoms with Gasteiger partial charge in [-0.1, -0.05) is 11.6 Å². The number of aromatic nitrogens is 1. The van der Waals surface area contributed by atoms with E-state index < -0.39 is 0 Å². The molecule has 114 valence electrons. The smallest absolute Gasteiger partial charge is 0.219 e. The molecule has 2 aromatic rings. The maximum absolute atomic E-state index is 11.6. The second kappa shape index (κ2) is 4.78. The Labute approximate surface area is 134 Å². The van der Waals surface area contributed by atoms with E-state index in [-0.39, 0.29) is 11.5 Å². The summed E-state index contributed by atoms with van der Waals surface area (Å²) in [6.45, 7) is 3.06. The molecular formula is C17H17ClN2O2. The van der Waals surface area contributed by atoms with Crippen molar-refractivity contribution >= 4 is 17.5 Å². The lowest BCUT2D eigenvalue weighted by molar-refractivity contribution is -0.132. The van der Waals surface area contributed by atoms with Crippen LogP contribution in [0, 0.1) is 0 Å². The highest BCUT2D eigenvalue weighted by molar-refractivity contribution is 6.30. The molecule has 2 aliphatic rings. The molecule has 1 fully saturated rings. The highest BCUT2D eigenvalue weighted by Gasteiger charge is 2.44. The fourth-order valence-electron chi connectivity index (χ4n) is 3.53. The van der Waals surface area contributed by atoms with Crippen molar-refractivity contribution in [1.29, 1.82) is 0 Å². The number of amides is 1. The number of ether oxygens (including phenoxy) is 1. The topological polar surface area (TPSA) is 34.5 Å². The molecular weight excluding hydrogens is 300 g/mol. The van der Waals surface area contributed by atoms with Gasteiger partial charge in [-0.25, -0.2) is 0 Å². The summed E-state index contributed by atoms with van der Waals surface area (Å²) >= 11 is 6.13. The standard InChI is InChI=1S/C17H17ClN2O2/c1-12(21)19-9-6-17(7-10-19)16-3-2-8-20(16)14-5-4-13(18)11-15(14)22-17/h2-5,8,11H,6-7,9-10H2,1H3. The Hall–Kier alpha value is -1.94. The van der Waals surface area contributed by atoms with Crippen LogP contribution in [-0.4, -0.2) is 28.5 Å². The molecule has 0 radical (unpaired) electrons. The Morgan fingerprint density at radius 3 is 2.77 bits per heavy atom. The summed E-state index contributed by atoms with van der Waals surface area (Å²) in [5.74, 6) is 0.942. The average molecular weight is 317 g/mol. The fraction of sp³-hybridized carbons (Fsp3) is 0.353. The number of carbonyl (C=O) groups excluding carboxylic acids is 1. The maximum atomic E-state index is 11.6. The van der Waals surface area contributed by atoms with Crippen LogP contribution in [0.1, 0.15) is 25.5 Å². The monoisotopic (exact) mass is 316 g/mol. The van der Waals surface area contributed by atoms with Gasteiger partial charge in [-0.3, -0.25) is 4.79 Å². The lowest BCUT2D eigenvalue weighted by Crippen LogP contribution is -2.49. The minimum atomic E-state index is -0.368. The molecule has 1 saturated heterocycles. The Kier molecular flexibility index (Phi) is 2.98. The summed E-state index contributed by atoms with van der Waals surface area (Å²) in [4.78, 5) is 13.5. The first kappa shape index (κ1) is 13.7. The summed E-state index contributed by atoms with van der Waals surface area (Å²) in [6, 6.07) is 9.89. The Balaban J connectivity index is 1.76. The van der Waals surface area contributed by atoms with Crippen molar-refractivity contribution < 1.29 is 9.53 Å². The lowest BCUT2D eigenvalue weighted by atomic mass is 9.86. The Bertz CT molecular complexity index is 745. The van der Waals surface area contributed by atoms with Crippen LogP contribution in [0.5, 0.6) is 5.75 Å². The highest BCUT2D eigenvalue weighted by atomic mass is 35.5. The van der Waals surface area contributed by atoms with Gasteiger partial charge in [0.1, 0.15) is 5.75 Å². The van der Waals surface area contributed by atoms with Gasteiger partial charge in [-0.05, 0) is 24.3 Å². The first-order valence-electron chi connectivity index (χ1n) is 7.51. The normalized spacial score (nSPS) is 18.5. The third-order valence-electron chi connectivity index (χ3n) is 4.72. The van der Waals surface area contributed by atoms with Crippen LogP contribution in [0.2, 0.25) is 5.02 Å². The van der Waals surface area contributed by atoms with Crippen LogP contribution >= 0.6 is 11.6 Å². The van der Waals surface area contributed by atoms with Crippen molar-refractivity contribution in [3.8, 4) is 11.4 Å². The minimum absolute atomic E-state index is 0.129. The SMILES string of the molecule is CC(=O)N1CCC2(CC1)Oc1cc(Cl)ccc1-n1cccc12. The molecule has 0 aliphatic carbocycles. The van der Waals surface area contributed by atoms with Crippen LogP contribution in [0.25, 0.3) is 5.69 Å². The molecule has 4 nitrogen and oxygen atoms in total. The first-order valence-corrected chi connectivity index (χ1v) is 7.89. The molecule has 22 heavy (non-hydrogen) atoms. The summed E-state index contributed by atoms with van der Waals surface area (Å²) in [5, 5.41) is 0.672. The van der Waals surface area contributed by atoms with Crippen molar-refractivity contribution in [1.82, 2.24) is 9.47 Å². The number of rotatable bonds is 0. The third-order valence-corrected chi connectivity index (χ3v) is 4.95. The van der Waals surface area contributed by atoms with E-state index >= 15 is 0 Å². The molecule has 1 aromatic carbocycles. The molecule has 5 heteroatoms. The molecule has 3 heterocycles. The quantitative estimate of drug-likeness (QED) is 0.747. The van der Waals surface area contributed by atoms with Crippen LogP contribution in [0.4, 0.5) is 0 Å². The first-order chi connectivity index (χ1) is 10.6. The molecule has 0 N–H and O–H groups in total. The predicted molar refractivity (Wildman–Crippen MR) is 84.6 cm³/mol. The number of carbonyl (C=O) groups is 1. The van der Waals surface area contributed by atoms with Gasteiger partial charge in [-0.15, -0.1) is 0 Å². The van der Waals surface area contributed by atoms with Crippen molar-refractivity contribution in [2.45, 2.75) is 25.4 Å². The number of benzene rings is 1. The molecule has 1 spiro atoms. The molecule has 0 bridgehead atoms. The molecule has 1 aromatic heterocycles. The van der Waals surface area contributed by atoms with E-state index in [0.29, 0.717) is 5.02 Å². The number of piperidine rings is 1. The van der Waals surface area contributed by atoms with Crippen molar-refractivity contribution in [3.63, 3.8) is 0 Å². The highest BCUT2D eigenvalue weighted by Crippen LogP contribution is 2.45. The van der Waals surface area contributed by atoms with Gasteiger partial charge in [0.05, 0.1) is 11.4 Å². The number of likely N-dealkylation sites (tertiary alicyclic amines) is 1. The van der Waals surface area contributed by atoms with Gasteiger partial charge in [0.25, 0.3) is 0 Å². The zero-order valence-corrected chi connectivity index (χ0v) is 13.1. The zero-order chi connectivity index (χ0) is 15.3. The molecule has 0 atom stereocenters. The second-order valence-electron chi connectivity index (χ2n) is 5.98. The van der Waals surface area contributed by atoms with E-state index in [1.807, 2.05) is 29.2 Å². The number of nitrogens with zero attached hydrogens (tertiary/aromatic N) is 2. The molecule has 2 aliphatic heterocycles. The zero-order valence-electron chi connectivity index (χ0n) is 12.4. The van der Waals surface area contributed by atoms with E-state index in [4.69, 9.17) is 16.3 Å². The Morgan fingerprint density at radius 1 is 1.27 bits per heavy atom. The van der Waals surface area contributed by atoms with E-state index in [1.54, 1.807) is 6.92 Å². The van der Waals surface area contributed by atoms with Gasteiger partial charge >= 0.3 is 0 Å². The van der Waals surface area contributed by atoms with Gasteiger partial charge in [0, 0.05) is 50.1 Å². The van der Waals surface area contributed by atoms with Gasteiger partial charge in [-0.2, -0.15) is 0 Å². The third kappa shape index (κ3) is 1.94. The molecule has 0 saturated carbocycles. The fourth-order valence-corrected chi connectivity index (χ4v) is 3.70. The van der Waals surface area contributed by atoms with Gasteiger partial charge in [0.15, 0.2) is 5.60 Å². The van der Waals surface area contributed by atoms with Crippen LogP contribution in [0.3, 0.4) is 0 Å². The number of hydrogen-bond donors (Lipinski definition) is 0. The Morgan fingerprint density at radius 2 is 2.05 bits per heavy atom. The lowest BCUT2D eigenvalue weighted by Gasteiger charge is -2.44. The van der Waals surface area contributed by atoms with Crippen LogP contribution in [-0.2, 0) is 10.4 Å². The maximum Gasteiger partial charge on any atom is 0.219 e. The molecule has 1 amide bonds.